The summed E-state index contributed by atoms with van der Waals surface area (Å²) in [6.45, 7) is 9.11. The molecule has 6 nitrogen and oxygen atoms in total. The summed E-state index contributed by atoms with van der Waals surface area (Å²) < 4.78 is 10.7. The third-order valence-corrected chi connectivity index (χ3v) is 7.63. The average Bonchev–Trinajstić information content (AvgIpc) is 2.92. The minimum atomic E-state index is -1.20. The Balaban J connectivity index is 1.89. The van der Waals surface area contributed by atoms with Crippen molar-refractivity contribution in [1.82, 2.24) is 0 Å². The molecule has 6 heteroatoms. The monoisotopic (exact) mass is 516 g/mol. The van der Waals surface area contributed by atoms with Crippen molar-refractivity contribution in [2.75, 3.05) is 26.4 Å². The number of carbonyl (C=O) groups excluding carboxylic acids is 1. The molecule has 0 heterocycles. The molecule has 2 rings (SSSR count). The Labute approximate surface area is 223 Å². The quantitative estimate of drug-likeness (QED) is 0.0789. The van der Waals surface area contributed by atoms with E-state index >= 15 is 0 Å². The molecule has 1 aliphatic carbocycles. The van der Waals surface area contributed by atoms with Crippen LogP contribution < -0.4 is 0 Å². The van der Waals surface area contributed by atoms with E-state index in [0.29, 0.717) is 25.4 Å². The van der Waals surface area contributed by atoms with Crippen LogP contribution in [0.3, 0.4) is 0 Å². The summed E-state index contributed by atoms with van der Waals surface area (Å²) in [7, 11) is 0. The summed E-state index contributed by atoms with van der Waals surface area (Å²) in [5, 5.41) is 28.0. The molecule has 0 bridgehead atoms. The number of ether oxygens (including phenoxy) is 2. The summed E-state index contributed by atoms with van der Waals surface area (Å²) in [5.41, 5.74) is 2.90. The van der Waals surface area contributed by atoms with Crippen molar-refractivity contribution in [3.8, 4) is 0 Å². The smallest absolute Gasteiger partial charge is 0.335 e. The van der Waals surface area contributed by atoms with Gasteiger partial charge in [-0.3, -0.25) is 0 Å². The van der Waals surface area contributed by atoms with Gasteiger partial charge in [0.1, 0.15) is 0 Å². The van der Waals surface area contributed by atoms with E-state index in [-0.39, 0.29) is 30.3 Å². The van der Waals surface area contributed by atoms with Crippen LogP contribution in [0.15, 0.2) is 48.6 Å². The van der Waals surface area contributed by atoms with Gasteiger partial charge in [0, 0.05) is 5.57 Å². The Morgan fingerprint density at radius 1 is 1.00 bits per heavy atom. The van der Waals surface area contributed by atoms with E-state index in [9.17, 15) is 9.90 Å². The van der Waals surface area contributed by atoms with Crippen molar-refractivity contribution >= 4 is 5.97 Å². The molecule has 2 atom stereocenters. The molecular formula is C31H48O6. The number of rotatable bonds is 18. The highest BCUT2D eigenvalue weighted by molar-refractivity contribution is 5.87. The standard InChI is InChI=1S/C31H48O6/c1-4-5-6-7-25-8-12-28(13-9-25)29-14-10-26(11-15-29)20-27(16-18-36-30(34)23(2)21-32)17-19-37-31(35)24(3)22-33/h10-11,14-15,25,27-28,30,32-34H,2-9,12-13,16-22H2,1H3. The van der Waals surface area contributed by atoms with E-state index < -0.39 is 18.9 Å². The van der Waals surface area contributed by atoms with Gasteiger partial charge in [-0.2, -0.15) is 0 Å². The lowest BCUT2D eigenvalue weighted by atomic mass is 9.77. The van der Waals surface area contributed by atoms with Gasteiger partial charge in [0.15, 0.2) is 6.29 Å². The van der Waals surface area contributed by atoms with Crippen molar-refractivity contribution in [1.29, 1.82) is 0 Å². The molecule has 0 aliphatic heterocycles. The largest absolute Gasteiger partial charge is 0.462 e. The summed E-state index contributed by atoms with van der Waals surface area (Å²) in [5.74, 6) is 1.13. The zero-order valence-corrected chi connectivity index (χ0v) is 22.7. The number of hydrogen-bond acceptors (Lipinski definition) is 6. The Hall–Kier alpha value is -1.99. The molecule has 2 unspecified atom stereocenters. The molecule has 0 aromatic heterocycles. The van der Waals surface area contributed by atoms with Crippen LogP contribution >= 0.6 is 0 Å². The fourth-order valence-corrected chi connectivity index (χ4v) is 5.10. The molecular weight excluding hydrogens is 468 g/mol. The van der Waals surface area contributed by atoms with Gasteiger partial charge in [0.2, 0.25) is 0 Å². The second-order valence-electron chi connectivity index (χ2n) is 10.5. The van der Waals surface area contributed by atoms with Crippen LogP contribution in [0.25, 0.3) is 0 Å². The zero-order chi connectivity index (χ0) is 27.0. The van der Waals surface area contributed by atoms with Gasteiger partial charge in [0.05, 0.1) is 32.0 Å². The van der Waals surface area contributed by atoms with Gasteiger partial charge in [-0.1, -0.05) is 70.0 Å². The van der Waals surface area contributed by atoms with Crippen LogP contribution in [0, 0.1) is 11.8 Å². The van der Waals surface area contributed by atoms with Gasteiger partial charge >= 0.3 is 5.97 Å². The average molecular weight is 517 g/mol. The predicted octanol–water partition coefficient (Wildman–Crippen LogP) is 5.45. The molecule has 1 aromatic carbocycles. The van der Waals surface area contributed by atoms with Crippen LogP contribution in [0.1, 0.15) is 88.2 Å². The number of hydrogen-bond donors (Lipinski definition) is 3. The third kappa shape index (κ3) is 11.5. The fourth-order valence-electron chi connectivity index (χ4n) is 5.10. The molecule has 208 valence electrons. The SMILES string of the molecule is C=C(CO)C(=O)OCCC(CCOC(O)C(=C)CO)Cc1ccc(C2CCC(CCCCC)CC2)cc1. The molecule has 37 heavy (non-hydrogen) atoms. The topological polar surface area (TPSA) is 96.2 Å². The Morgan fingerprint density at radius 3 is 2.30 bits per heavy atom. The highest BCUT2D eigenvalue weighted by Crippen LogP contribution is 2.38. The van der Waals surface area contributed by atoms with Crippen molar-refractivity contribution in [3.05, 3.63) is 59.7 Å². The minimum Gasteiger partial charge on any atom is -0.462 e. The molecule has 1 aliphatic rings. The number of unbranched alkanes of at least 4 members (excludes halogenated alkanes) is 2. The first kappa shape index (κ1) is 31.2. The number of benzene rings is 1. The summed E-state index contributed by atoms with van der Waals surface area (Å²) in [6, 6.07) is 8.95. The summed E-state index contributed by atoms with van der Waals surface area (Å²) in [4.78, 5) is 11.8. The van der Waals surface area contributed by atoms with E-state index in [1.165, 1.54) is 62.5 Å². The van der Waals surface area contributed by atoms with Gasteiger partial charge in [0.25, 0.3) is 0 Å². The van der Waals surface area contributed by atoms with E-state index in [2.05, 4.69) is 44.3 Å². The Bertz CT molecular complexity index is 809. The molecule has 1 saturated carbocycles. The van der Waals surface area contributed by atoms with E-state index in [0.717, 1.165) is 12.3 Å². The highest BCUT2D eigenvalue weighted by atomic mass is 16.6. The Kier molecular flexibility index (Phi) is 14.8. The van der Waals surface area contributed by atoms with Gasteiger partial charge in [-0.25, -0.2) is 4.79 Å². The van der Waals surface area contributed by atoms with Gasteiger partial charge in [-0.15, -0.1) is 0 Å². The zero-order valence-electron chi connectivity index (χ0n) is 22.7. The van der Waals surface area contributed by atoms with Crippen molar-refractivity contribution in [3.63, 3.8) is 0 Å². The lowest BCUT2D eigenvalue weighted by Gasteiger charge is -2.29. The number of aliphatic hydroxyl groups excluding tert-OH is 3. The molecule has 0 radical (unpaired) electrons. The number of carbonyl (C=O) groups is 1. The maximum atomic E-state index is 11.8. The van der Waals surface area contributed by atoms with Gasteiger partial charge < -0.3 is 24.8 Å². The minimum absolute atomic E-state index is 0.0381. The molecule has 0 amide bonds. The third-order valence-electron chi connectivity index (χ3n) is 7.63. The Morgan fingerprint density at radius 2 is 1.68 bits per heavy atom. The summed E-state index contributed by atoms with van der Waals surface area (Å²) >= 11 is 0. The maximum absolute atomic E-state index is 11.8. The second kappa shape index (κ2) is 17.5. The van der Waals surface area contributed by atoms with E-state index in [4.69, 9.17) is 19.7 Å². The van der Waals surface area contributed by atoms with Crippen molar-refractivity contribution < 1.29 is 29.6 Å². The molecule has 0 saturated heterocycles. The van der Waals surface area contributed by atoms with Crippen LogP contribution in [-0.2, 0) is 20.7 Å². The predicted molar refractivity (Wildman–Crippen MR) is 147 cm³/mol. The second-order valence-corrected chi connectivity index (χ2v) is 10.5. The first-order valence-electron chi connectivity index (χ1n) is 14.0. The summed E-state index contributed by atoms with van der Waals surface area (Å²) in [6.07, 6.45) is 11.5. The van der Waals surface area contributed by atoms with Crippen LogP contribution in [0.5, 0.6) is 0 Å². The van der Waals surface area contributed by atoms with Gasteiger partial charge in [-0.05, 0) is 73.8 Å². The number of esters is 1. The lowest BCUT2D eigenvalue weighted by molar-refractivity contribution is -0.139. The fraction of sp³-hybridized carbons (Fsp3) is 0.645. The van der Waals surface area contributed by atoms with Crippen molar-refractivity contribution in [2.24, 2.45) is 11.8 Å². The molecule has 0 spiro atoms. The highest BCUT2D eigenvalue weighted by Gasteiger charge is 2.22. The normalized spacial score (nSPS) is 19.2. The molecule has 1 fully saturated rings. The van der Waals surface area contributed by atoms with Crippen LogP contribution in [-0.4, -0.2) is 54.0 Å². The lowest BCUT2D eigenvalue weighted by Crippen LogP contribution is -2.20. The molecule has 1 aromatic rings. The van der Waals surface area contributed by atoms with Crippen LogP contribution in [0.4, 0.5) is 0 Å². The maximum Gasteiger partial charge on any atom is 0.335 e. The first-order valence-corrected chi connectivity index (χ1v) is 14.0. The van der Waals surface area contributed by atoms with E-state index in [1.807, 2.05) is 0 Å². The molecule has 3 N–H and O–H groups in total. The van der Waals surface area contributed by atoms with Crippen molar-refractivity contribution in [2.45, 2.75) is 89.8 Å². The number of aliphatic hydroxyl groups is 3. The van der Waals surface area contributed by atoms with Crippen LogP contribution in [0.2, 0.25) is 0 Å². The van der Waals surface area contributed by atoms with E-state index in [1.54, 1.807) is 0 Å². The first-order chi connectivity index (χ1) is 17.9.